The van der Waals surface area contributed by atoms with E-state index in [0.717, 1.165) is 29.2 Å². The number of aromatic nitrogens is 1. The number of thiazole rings is 1. The summed E-state index contributed by atoms with van der Waals surface area (Å²) in [5.74, 6) is 0.0335. The molecule has 1 amide bonds. The highest BCUT2D eigenvalue weighted by Gasteiger charge is 2.25. The van der Waals surface area contributed by atoms with E-state index in [9.17, 15) is 4.79 Å². The molecule has 1 fully saturated rings. The predicted molar refractivity (Wildman–Crippen MR) is 87.5 cm³/mol. The zero-order valence-electron chi connectivity index (χ0n) is 12.1. The van der Waals surface area contributed by atoms with Gasteiger partial charge in [0.25, 0.3) is 0 Å². The molecule has 1 heterocycles. The fourth-order valence-electron chi connectivity index (χ4n) is 2.36. The third-order valence-electron chi connectivity index (χ3n) is 3.74. The van der Waals surface area contributed by atoms with Gasteiger partial charge in [-0.15, -0.1) is 0 Å². The Balaban J connectivity index is 1.50. The average Bonchev–Trinajstić information content (AvgIpc) is 3.20. The molecule has 0 aliphatic heterocycles. The SMILES string of the molecule is CN(CCCC(=O)Nc1nc2ccc(N)cc2s1)C1CC1. The van der Waals surface area contributed by atoms with Gasteiger partial charge in [0.05, 0.1) is 10.2 Å². The number of nitrogen functional groups attached to an aromatic ring is 1. The molecule has 1 aliphatic rings. The van der Waals surface area contributed by atoms with Crippen LogP contribution in [0.2, 0.25) is 0 Å². The Labute approximate surface area is 128 Å². The van der Waals surface area contributed by atoms with Crippen LogP contribution < -0.4 is 11.1 Å². The van der Waals surface area contributed by atoms with Gasteiger partial charge in [-0.3, -0.25) is 4.79 Å². The normalized spacial score (nSPS) is 14.8. The number of fused-ring (bicyclic) bond motifs is 1. The van der Waals surface area contributed by atoms with E-state index >= 15 is 0 Å². The van der Waals surface area contributed by atoms with E-state index in [1.165, 1.54) is 24.2 Å². The van der Waals surface area contributed by atoms with Gasteiger partial charge < -0.3 is 16.0 Å². The zero-order chi connectivity index (χ0) is 14.8. The lowest BCUT2D eigenvalue weighted by atomic mass is 10.3. The van der Waals surface area contributed by atoms with Crippen molar-refractivity contribution in [3.05, 3.63) is 18.2 Å². The van der Waals surface area contributed by atoms with Crippen molar-refractivity contribution in [3.63, 3.8) is 0 Å². The van der Waals surface area contributed by atoms with Gasteiger partial charge in [0.15, 0.2) is 5.13 Å². The lowest BCUT2D eigenvalue weighted by Crippen LogP contribution is -2.23. The molecule has 3 rings (SSSR count). The summed E-state index contributed by atoms with van der Waals surface area (Å²) in [5.41, 5.74) is 7.33. The van der Waals surface area contributed by atoms with E-state index in [0.29, 0.717) is 17.2 Å². The second-order valence-corrected chi connectivity index (χ2v) is 6.64. The van der Waals surface area contributed by atoms with Crippen LogP contribution in [0.15, 0.2) is 18.2 Å². The summed E-state index contributed by atoms with van der Waals surface area (Å²) >= 11 is 1.46. The molecule has 5 nitrogen and oxygen atoms in total. The van der Waals surface area contributed by atoms with E-state index in [1.54, 1.807) is 0 Å². The first-order valence-electron chi connectivity index (χ1n) is 7.28. The lowest BCUT2D eigenvalue weighted by Gasteiger charge is -2.14. The maximum atomic E-state index is 11.9. The summed E-state index contributed by atoms with van der Waals surface area (Å²) in [6, 6.07) is 6.33. The minimum absolute atomic E-state index is 0.0335. The number of nitrogens with one attached hydrogen (secondary N) is 1. The van der Waals surface area contributed by atoms with Crippen molar-refractivity contribution >= 4 is 38.3 Å². The highest BCUT2D eigenvalue weighted by Crippen LogP contribution is 2.28. The van der Waals surface area contributed by atoms with Gasteiger partial charge in [-0.25, -0.2) is 4.98 Å². The van der Waals surface area contributed by atoms with Crippen LogP contribution in [-0.4, -0.2) is 35.4 Å². The largest absolute Gasteiger partial charge is 0.399 e. The van der Waals surface area contributed by atoms with E-state index < -0.39 is 0 Å². The zero-order valence-corrected chi connectivity index (χ0v) is 12.9. The van der Waals surface area contributed by atoms with Crippen LogP contribution >= 0.6 is 11.3 Å². The Morgan fingerprint density at radius 1 is 1.52 bits per heavy atom. The second-order valence-electron chi connectivity index (χ2n) is 5.61. The summed E-state index contributed by atoms with van der Waals surface area (Å²) in [7, 11) is 2.13. The molecule has 2 aromatic rings. The number of nitrogens with two attached hydrogens (primary N) is 1. The summed E-state index contributed by atoms with van der Waals surface area (Å²) in [4.78, 5) is 18.7. The summed E-state index contributed by atoms with van der Waals surface area (Å²) in [6.07, 6.45) is 4.03. The molecule has 1 saturated carbocycles. The van der Waals surface area contributed by atoms with Crippen molar-refractivity contribution in [3.8, 4) is 0 Å². The minimum Gasteiger partial charge on any atom is -0.399 e. The van der Waals surface area contributed by atoms with Crippen LogP contribution in [0.4, 0.5) is 10.8 Å². The Morgan fingerprint density at radius 3 is 3.10 bits per heavy atom. The predicted octanol–water partition coefficient (Wildman–Crippen LogP) is 2.69. The highest BCUT2D eigenvalue weighted by atomic mass is 32.1. The summed E-state index contributed by atoms with van der Waals surface area (Å²) in [6.45, 7) is 0.981. The third kappa shape index (κ3) is 3.71. The first-order valence-corrected chi connectivity index (χ1v) is 8.09. The number of rotatable bonds is 6. The van der Waals surface area contributed by atoms with Crippen molar-refractivity contribution in [2.75, 3.05) is 24.6 Å². The van der Waals surface area contributed by atoms with E-state index in [4.69, 9.17) is 5.73 Å². The summed E-state index contributed by atoms with van der Waals surface area (Å²) < 4.78 is 0.999. The van der Waals surface area contributed by atoms with Crippen molar-refractivity contribution in [2.24, 2.45) is 0 Å². The molecule has 21 heavy (non-hydrogen) atoms. The minimum atomic E-state index is 0.0335. The van der Waals surface area contributed by atoms with E-state index in [1.807, 2.05) is 18.2 Å². The first-order chi connectivity index (χ1) is 10.1. The molecule has 1 aromatic carbocycles. The number of carbonyl (C=O) groups is 1. The number of anilines is 2. The average molecular weight is 304 g/mol. The fraction of sp³-hybridized carbons (Fsp3) is 0.467. The van der Waals surface area contributed by atoms with Crippen LogP contribution in [0.25, 0.3) is 10.2 Å². The maximum absolute atomic E-state index is 11.9. The Hall–Kier alpha value is -1.66. The molecule has 0 saturated heterocycles. The van der Waals surface area contributed by atoms with Crippen LogP contribution in [0, 0.1) is 0 Å². The van der Waals surface area contributed by atoms with Crippen molar-refractivity contribution in [2.45, 2.75) is 31.7 Å². The Bertz CT molecular complexity index is 650. The van der Waals surface area contributed by atoms with Crippen LogP contribution in [0.1, 0.15) is 25.7 Å². The quantitative estimate of drug-likeness (QED) is 0.805. The molecule has 1 aromatic heterocycles. The number of benzene rings is 1. The van der Waals surface area contributed by atoms with Crippen molar-refractivity contribution in [1.29, 1.82) is 0 Å². The number of hydrogen-bond acceptors (Lipinski definition) is 5. The van der Waals surface area contributed by atoms with E-state index in [-0.39, 0.29) is 5.91 Å². The highest BCUT2D eigenvalue weighted by molar-refractivity contribution is 7.22. The Kier molecular flexibility index (Phi) is 4.07. The molecule has 0 spiro atoms. The van der Waals surface area contributed by atoms with Gasteiger partial charge >= 0.3 is 0 Å². The molecule has 0 unspecified atom stereocenters. The van der Waals surface area contributed by atoms with Gasteiger partial charge in [0.2, 0.25) is 5.91 Å². The second kappa shape index (κ2) is 5.99. The molecule has 1 aliphatic carbocycles. The molecule has 3 N–H and O–H groups in total. The van der Waals surface area contributed by atoms with E-state index in [2.05, 4.69) is 22.2 Å². The summed E-state index contributed by atoms with van der Waals surface area (Å²) in [5, 5.41) is 3.53. The van der Waals surface area contributed by atoms with Crippen LogP contribution in [0.5, 0.6) is 0 Å². The molecule has 0 atom stereocenters. The third-order valence-corrected chi connectivity index (χ3v) is 4.68. The molecular formula is C15H20N4OS. The standard InChI is InChI=1S/C15H20N4OS/c1-19(11-5-6-11)8-2-3-14(20)18-15-17-12-7-4-10(16)9-13(12)21-15/h4,7,9,11H,2-3,5-6,8,16H2,1H3,(H,17,18,20). The first kappa shape index (κ1) is 14.3. The molecule has 6 heteroatoms. The molecule has 0 bridgehead atoms. The van der Waals surface area contributed by atoms with Gasteiger partial charge in [0.1, 0.15) is 0 Å². The molecular weight excluding hydrogens is 284 g/mol. The van der Waals surface area contributed by atoms with Crippen LogP contribution in [-0.2, 0) is 4.79 Å². The maximum Gasteiger partial charge on any atom is 0.226 e. The number of carbonyl (C=O) groups excluding carboxylic acids is 1. The topological polar surface area (TPSA) is 71.2 Å². The van der Waals surface area contributed by atoms with Crippen molar-refractivity contribution < 1.29 is 4.79 Å². The van der Waals surface area contributed by atoms with Crippen LogP contribution in [0.3, 0.4) is 0 Å². The Morgan fingerprint density at radius 2 is 2.33 bits per heavy atom. The van der Waals surface area contributed by atoms with Gasteiger partial charge in [-0.1, -0.05) is 11.3 Å². The number of amides is 1. The monoisotopic (exact) mass is 304 g/mol. The van der Waals surface area contributed by atoms with Crippen molar-refractivity contribution in [1.82, 2.24) is 9.88 Å². The van der Waals surface area contributed by atoms with Gasteiger partial charge in [-0.05, 0) is 51.1 Å². The number of hydrogen-bond donors (Lipinski definition) is 2. The molecule has 0 radical (unpaired) electrons. The lowest BCUT2D eigenvalue weighted by molar-refractivity contribution is -0.116. The van der Waals surface area contributed by atoms with Gasteiger partial charge in [0, 0.05) is 18.2 Å². The smallest absolute Gasteiger partial charge is 0.226 e. The number of nitrogens with zero attached hydrogens (tertiary/aromatic N) is 2. The molecule has 112 valence electrons. The fourth-order valence-corrected chi connectivity index (χ4v) is 3.29. The van der Waals surface area contributed by atoms with Gasteiger partial charge in [-0.2, -0.15) is 0 Å².